The molecule has 4 aromatic heterocycles. The highest BCUT2D eigenvalue weighted by Crippen LogP contribution is 2.42. The van der Waals surface area contributed by atoms with Gasteiger partial charge in [0.25, 0.3) is 0 Å². The highest BCUT2D eigenvalue weighted by Gasteiger charge is 2.22. The predicted octanol–water partition coefficient (Wildman–Crippen LogP) is 13.5. The molecule has 0 saturated carbocycles. The summed E-state index contributed by atoms with van der Waals surface area (Å²) in [6, 6.07) is 31.9. The zero-order valence-corrected chi connectivity index (χ0v) is 28.6. The zero-order chi connectivity index (χ0) is 44.7. The third kappa shape index (κ3) is 4.47. The van der Waals surface area contributed by atoms with E-state index in [2.05, 4.69) is 24.3 Å². The lowest BCUT2D eigenvalue weighted by Crippen LogP contribution is -1.95. The number of hydrogen-bond acceptors (Lipinski definition) is 4. The number of aromatic nitrogens is 3. The third-order valence-corrected chi connectivity index (χ3v) is 10.3. The van der Waals surface area contributed by atoms with Crippen LogP contribution in [0.15, 0.2) is 185 Å². The van der Waals surface area contributed by atoms with Crippen molar-refractivity contribution in [2.75, 3.05) is 0 Å². The van der Waals surface area contributed by atoms with Crippen molar-refractivity contribution < 1.29 is 22.5 Å². The second-order valence-corrected chi connectivity index (χ2v) is 13.4. The molecule has 12 aromatic rings. The van der Waals surface area contributed by atoms with E-state index in [0.717, 1.165) is 22.1 Å². The van der Waals surface area contributed by atoms with Gasteiger partial charge in [-0.2, -0.15) is 0 Å². The van der Waals surface area contributed by atoms with E-state index in [-0.39, 0.29) is 32.6 Å². The number of para-hydroxylation sites is 2. The van der Waals surface area contributed by atoms with Gasteiger partial charge < -0.3 is 13.4 Å². The van der Waals surface area contributed by atoms with E-state index >= 15 is 0 Å². The summed E-state index contributed by atoms with van der Waals surface area (Å²) in [5, 5.41) is 1.90. The Kier molecular flexibility index (Phi) is 4.58. The number of benzene rings is 8. The molecular weight excluding hydrogens is 675 g/mol. The molecule has 0 aliphatic rings. The van der Waals surface area contributed by atoms with Gasteiger partial charge in [0.05, 0.1) is 24.7 Å². The van der Waals surface area contributed by atoms with Crippen LogP contribution in [0.4, 0.5) is 0 Å². The van der Waals surface area contributed by atoms with Crippen LogP contribution in [0, 0.1) is 0 Å². The second kappa shape index (κ2) is 11.5. The van der Waals surface area contributed by atoms with Crippen LogP contribution >= 0.6 is 0 Å². The third-order valence-electron chi connectivity index (χ3n) is 10.3. The fraction of sp³-hybridized carbons (Fsp3) is 0. The lowest BCUT2D eigenvalue weighted by atomic mass is 10.0. The highest BCUT2D eigenvalue weighted by molar-refractivity contribution is 6.21. The zero-order valence-electron chi connectivity index (χ0n) is 38.6. The molecule has 0 aliphatic heterocycles. The normalized spacial score (nSPS) is 14.5. The summed E-state index contributed by atoms with van der Waals surface area (Å²) in [6.07, 6.45) is 0. The van der Waals surface area contributed by atoms with Gasteiger partial charge in [0.1, 0.15) is 28.0 Å². The molecule has 5 nitrogen and oxygen atoms in total. The van der Waals surface area contributed by atoms with Crippen LogP contribution < -0.4 is 0 Å². The summed E-state index contributed by atoms with van der Waals surface area (Å²) < 4.78 is 103. The maximum Gasteiger partial charge on any atom is 0.180 e. The maximum absolute atomic E-state index is 9.31. The number of nitrogens with zero attached hydrogens (tertiary/aromatic N) is 3. The lowest BCUT2D eigenvalue weighted by Gasteiger charge is -2.09. The minimum atomic E-state index is -0.577. The van der Waals surface area contributed by atoms with Gasteiger partial charge >= 0.3 is 0 Å². The standard InChI is InChI=1S/C50H29N3O2/c1-2-11-30(12-3-1)31-21-23-33(24-22-31)47-49-48(38-16-7-9-19-42(38)55-49)52-50(51-47)39-17-10-20-43-46(39)37-27-26-34(29-44(37)54-43)53-40-18-8-6-15-36(40)45-35-14-5-4-13-32(35)25-28-41(45)53/h1-29H/i4D,5D,6D,8D,13D,14D,15D,18D,25D,28D. The summed E-state index contributed by atoms with van der Waals surface area (Å²) in [4.78, 5) is 10.3. The van der Waals surface area contributed by atoms with Crippen molar-refractivity contribution in [3.63, 3.8) is 0 Å². The Morgan fingerprint density at radius 3 is 2.16 bits per heavy atom. The number of fused-ring (bicyclic) bond motifs is 11. The molecular formula is C50H29N3O2. The lowest BCUT2D eigenvalue weighted by molar-refractivity contribution is 0.667. The van der Waals surface area contributed by atoms with Crippen LogP contribution in [-0.2, 0) is 0 Å². The first-order valence-corrected chi connectivity index (χ1v) is 17.7. The van der Waals surface area contributed by atoms with Crippen LogP contribution in [0.1, 0.15) is 13.7 Å². The van der Waals surface area contributed by atoms with Crippen molar-refractivity contribution in [2.24, 2.45) is 0 Å². The van der Waals surface area contributed by atoms with E-state index in [1.165, 1.54) is 4.57 Å². The van der Waals surface area contributed by atoms with Crippen LogP contribution in [-0.4, -0.2) is 14.5 Å². The first-order chi connectivity index (χ1) is 31.4. The van der Waals surface area contributed by atoms with Crippen LogP contribution in [0.5, 0.6) is 0 Å². The Balaban J connectivity index is 1.11. The Morgan fingerprint density at radius 1 is 0.491 bits per heavy atom. The first-order valence-electron chi connectivity index (χ1n) is 22.7. The largest absolute Gasteiger partial charge is 0.456 e. The smallest absolute Gasteiger partial charge is 0.180 e. The number of rotatable bonds is 4. The maximum atomic E-state index is 9.31. The number of hydrogen-bond donors (Lipinski definition) is 0. The molecule has 0 atom stereocenters. The van der Waals surface area contributed by atoms with Crippen molar-refractivity contribution >= 4 is 76.6 Å². The highest BCUT2D eigenvalue weighted by atomic mass is 16.3. The fourth-order valence-electron chi connectivity index (χ4n) is 7.83. The number of furan rings is 2. The van der Waals surface area contributed by atoms with Crippen molar-refractivity contribution in [2.45, 2.75) is 0 Å². The van der Waals surface area contributed by atoms with Crippen molar-refractivity contribution in [1.82, 2.24) is 14.5 Å². The molecule has 4 heterocycles. The molecule has 55 heavy (non-hydrogen) atoms. The quantitative estimate of drug-likeness (QED) is 0.182. The molecule has 0 N–H and O–H groups in total. The van der Waals surface area contributed by atoms with Gasteiger partial charge in [-0.1, -0.05) is 127 Å². The molecule has 0 fully saturated rings. The molecule has 0 bridgehead atoms. The van der Waals surface area contributed by atoms with Gasteiger partial charge in [-0.15, -0.1) is 0 Å². The van der Waals surface area contributed by atoms with Crippen molar-refractivity contribution in [3.8, 4) is 39.5 Å². The van der Waals surface area contributed by atoms with Crippen LogP contribution in [0.2, 0.25) is 0 Å². The minimum Gasteiger partial charge on any atom is -0.456 e. The average molecular weight is 714 g/mol. The average Bonchev–Trinajstić information content (AvgIpc) is 4.02. The Labute approximate surface area is 328 Å². The van der Waals surface area contributed by atoms with E-state index in [4.69, 9.17) is 31.1 Å². The Morgan fingerprint density at radius 2 is 1.25 bits per heavy atom. The van der Waals surface area contributed by atoms with E-state index in [9.17, 15) is 1.37 Å². The molecule has 12 rings (SSSR count). The SMILES string of the molecule is [2H]c1c([2H])c([2H])c2c(c1[2H])c([2H])c([2H])c1c2c2c([2H])c([2H])c([2H])c([2H])c2n1-c1ccc2c(c1)oc1cccc(-c3nc(-c4ccc(-c5ccccc5)cc4)c4oc5ccccc5c4n3)c12. The predicted molar refractivity (Wildman–Crippen MR) is 225 cm³/mol. The van der Waals surface area contributed by atoms with Gasteiger partial charge in [0.15, 0.2) is 11.4 Å². The molecule has 0 aliphatic carbocycles. The summed E-state index contributed by atoms with van der Waals surface area (Å²) in [7, 11) is 0. The Bertz CT molecular complexity index is 4070. The van der Waals surface area contributed by atoms with E-state index < -0.39 is 60.4 Å². The molecule has 8 aromatic carbocycles. The van der Waals surface area contributed by atoms with E-state index in [1.54, 1.807) is 12.1 Å². The minimum absolute atomic E-state index is 0.0101. The summed E-state index contributed by atoms with van der Waals surface area (Å²) in [6.45, 7) is 0. The molecule has 256 valence electrons. The molecule has 0 amide bonds. The molecule has 0 radical (unpaired) electrons. The monoisotopic (exact) mass is 713 g/mol. The molecule has 0 unspecified atom stereocenters. The summed E-state index contributed by atoms with van der Waals surface area (Å²) in [5.74, 6) is 0.431. The summed E-state index contributed by atoms with van der Waals surface area (Å²) in [5.41, 5.74) is 7.36. The topological polar surface area (TPSA) is 57.0 Å². The first kappa shape index (κ1) is 21.9. The van der Waals surface area contributed by atoms with Gasteiger partial charge in [0, 0.05) is 49.8 Å². The van der Waals surface area contributed by atoms with Crippen LogP contribution in [0.3, 0.4) is 0 Å². The van der Waals surface area contributed by atoms with E-state index in [0.29, 0.717) is 61.4 Å². The Hall–Kier alpha value is -7.50. The van der Waals surface area contributed by atoms with Gasteiger partial charge in [0.2, 0.25) is 0 Å². The summed E-state index contributed by atoms with van der Waals surface area (Å²) >= 11 is 0. The van der Waals surface area contributed by atoms with Gasteiger partial charge in [-0.3, -0.25) is 0 Å². The van der Waals surface area contributed by atoms with Crippen LogP contribution in [0.25, 0.3) is 116 Å². The fourth-order valence-corrected chi connectivity index (χ4v) is 7.83. The second-order valence-electron chi connectivity index (χ2n) is 13.4. The molecule has 5 heteroatoms. The van der Waals surface area contributed by atoms with E-state index in [1.807, 2.05) is 78.9 Å². The van der Waals surface area contributed by atoms with Crippen molar-refractivity contribution in [1.29, 1.82) is 0 Å². The van der Waals surface area contributed by atoms with Gasteiger partial charge in [-0.05, 0) is 64.3 Å². The molecule has 0 saturated heterocycles. The van der Waals surface area contributed by atoms with Crippen molar-refractivity contribution in [3.05, 3.63) is 176 Å². The van der Waals surface area contributed by atoms with Gasteiger partial charge in [-0.25, -0.2) is 9.97 Å². The molecule has 0 spiro atoms.